The van der Waals surface area contributed by atoms with Crippen molar-refractivity contribution in [3.8, 4) is 11.3 Å². The first kappa shape index (κ1) is 12.4. The van der Waals surface area contributed by atoms with Crippen molar-refractivity contribution >= 4 is 5.97 Å². The van der Waals surface area contributed by atoms with Crippen LogP contribution in [0.15, 0.2) is 30.3 Å². The second-order valence-electron chi connectivity index (χ2n) is 4.27. The van der Waals surface area contributed by atoms with Crippen molar-refractivity contribution in [2.45, 2.75) is 26.2 Å². The molecule has 94 valence electrons. The van der Waals surface area contributed by atoms with E-state index in [0.29, 0.717) is 5.69 Å². The molecule has 2 aromatic rings. The van der Waals surface area contributed by atoms with Crippen LogP contribution in [-0.2, 0) is 6.42 Å². The van der Waals surface area contributed by atoms with Crippen LogP contribution in [0.1, 0.15) is 35.8 Å². The Bertz CT molecular complexity index is 529. The molecule has 0 saturated heterocycles. The first-order valence-electron chi connectivity index (χ1n) is 6.08. The Morgan fingerprint density at radius 1 is 1.33 bits per heavy atom. The summed E-state index contributed by atoms with van der Waals surface area (Å²) in [5.41, 5.74) is 3.00. The fraction of sp³-hybridized carbons (Fsp3) is 0.286. The Balaban J connectivity index is 2.15. The summed E-state index contributed by atoms with van der Waals surface area (Å²) in [5.74, 6) is -0.992. The van der Waals surface area contributed by atoms with Gasteiger partial charge in [0.2, 0.25) is 0 Å². The fourth-order valence-corrected chi connectivity index (χ4v) is 1.80. The number of aryl methyl sites for hydroxylation is 1. The molecule has 2 rings (SSSR count). The molecule has 1 aromatic carbocycles. The lowest BCUT2D eigenvalue weighted by Gasteiger charge is -2.01. The van der Waals surface area contributed by atoms with E-state index in [0.717, 1.165) is 12.0 Å². The number of aromatic nitrogens is 2. The number of aromatic amines is 1. The van der Waals surface area contributed by atoms with E-state index in [4.69, 9.17) is 5.11 Å². The van der Waals surface area contributed by atoms with Gasteiger partial charge in [-0.2, -0.15) is 5.10 Å². The van der Waals surface area contributed by atoms with Gasteiger partial charge in [-0.15, -0.1) is 0 Å². The monoisotopic (exact) mass is 244 g/mol. The molecule has 2 N–H and O–H groups in total. The molecular formula is C14H16N2O2. The Hall–Kier alpha value is -2.10. The molecule has 0 aliphatic carbocycles. The molecular weight excluding hydrogens is 228 g/mol. The average Bonchev–Trinajstić information content (AvgIpc) is 2.87. The van der Waals surface area contributed by atoms with E-state index in [-0.39, 0.29) is 5.69 Å². The first-order chi connectivity index (χ1) is 8.70. The minimum absolute atomic E-state index is 0.111. The quantitative estimate of drug-likeness (QED) is 0.849. The van der Waals surface area contributed by atoms with Crippen LogP contribution >= 0.6 is 0 Å². The van der Waals surface area contributed by atoms with Crippen LogP contribution in [0.5, 0.6) is 0 Å². The molecule has 0 spiro atoms. The number of hydrogen-bond donors (Lipinski definition) is 2. The zero-order valence-electron chi connectivity index (χ0n) is 10.3. The van der Waals surface area contributed by atoms with Gasteiger partial charge in [0.25, 0.3) is 0 Å². The molecule has 0 bridgehead atoms. The van der Waals surface area contributed by atoms with Gasteiger partial charge in [-0.25, -0.2) is 4.79 Å². The topological polar surface area (TPSA) is 66.0 Å². The van der Waals surface area contributed by atoms with Gasteiger partial charge in [-0.1, -0.05) is 37.6 Å². The van der Waals surface area contributed by atoms with E-state index in [9.17, 15) is 4.79 Å². The zero-order valence-corrected chi connectivity index (χ0v) is 10.3. The number of hydrogen-bond acceptors (Lipinski definition) is 2. The summed E-state index contributed by atoms with van der Waals surface area (Å²) in [6, 6.07) is 9.64. The number of carbonyl (C=O) groups is 1. The maximum atomic E-state index is 10.7. The number of carboxylic acid groups (broad SMARTS) is 1. The molecule has 0 radical (unpaired) electrons. The molecule has 4 nitrogen and oxygen atoms in total. The molecule has 0 aliphatic rings. The molecule has 0 unspecified atom stereocenters. The minimum Gasteiger partial charge on any atom is -0.477 e. The van der Waals surface area contributed by atoms with Crippen molar-refractivity contribution in [3.05, 3.63) is 41.6 Å². The van der Waals surface area contributed by atoms with E-state index in [1.165, 1.54) is 18.4 Å². The summed E-state index contributed by atoms with van der Waals surface area (Å²) in [4.78, 5) is 10.7. The number of carboxylic acids is 1. The van der Waals surface area contributed by atoms with Crippen LogP contribution in [0.3, 0.4) is 0 Å². The summed E-state index contributed by atoms with van der Waals surface area (Å²) >= 11 is 0. The first-order valence-corrected chi connectivity index (χ1v) is 6.08. The van der Waals surface area contributed by atoms with Crippen LogP contribution in [0, 0.1) is 0 Å². The van der Waals surface area contributed by atoms with Crippen LogP contribution in [0.25, 0.3) is 11.3 Å². The van der Waals surface area contributed by atoms with Crippen LogP contribution in [0.2, 0.25) is 0 Å². The molecule has 0 fully saturated rings. The zero-order chi connectivity index (χ0) is 13.0. The molecule has 0 saturated carbocycles. The largest absolute Gasteiger partial charge is 0.477 e. The predicted molar refractivity (Wildman–Crippen MR) is 69.6 cm³/mol. The van der Waals surface area contributed by atoms with E-state index >= 15 is 0 Å². The highest BCUT2D eigenvalue weighted by Gasteiger charge is 2.08. The van der Waals surface area contributed by atoms with Crippen molar-refractivity contribution in [2.24, 2.45) is 0 Å². The van der Waals surface area contributed by atoms with Gasteiger partial charge in [-0.05, 0) is 24.5 Å². The molecule has 18 heavy (non-hydrogen) atoms. The third-order valence-electron chi connectivity index (χ3n) is 2.88. The molecule has 4 heteroatoms. The van der Waals surface area contributed by atoms with Crippen molar-refractivity contribution in [1.29, 1.82) is 0 Å². The van der Waals surface area contributed by atoms with Gasteiger partial charge < -0.3 is 5.11 Å². The highest BCUT2D eigenvalue weighted by atomic mass is 16.4. The molecule has 0 amide bonds. The molecule has 0 aliphatic heterocycles. The lowest BCUT2D eigenvalue weighted by atomic mass is 10.0. The summed E-state index contributed by atoms with van der Waals surface area (Å²) in [6.07, 6.45) is 3.45. The fourth-order valence-electron chi connectivity index (χ4n) is 1.80. The third kappa shape index (κ3) is 2.77. The summed E-state index contributed by atoms with van der Waals surface area (Å²) in [6.45, 7) is 2.17. The minimum atomic E-state index is -0.992. The van der Waals surface area contributed by atoms with Gasteiger partial charge >= 0.3 is 5.97 Å². The smallest absolute Gasteiger partial charge is 0.353 e. The third-order valence-corrected chi connectivity index (χ3v) is 2.88. The number of benzene rings is 1. The maximum Gasteiger partial charge on any atom is 0.353 e. The normalized spacial score (nSPS) is 10.5. The predicted octanol–water partition coefficient (Wildman–Crippen LogP) is 3.12. The molecule has 0 atom stereocenters. The summed E-state index contributed by atoms with van der Waals surface area (Å²) in [5, 5.41) is 15.3. The Kier molecular flexibility index (Phi) is 3.77. The number of H-pyrrole nitrogens is 1. The van der Waals surface area contributed by atoms with Gasteiger partial charge in [0, 0.05) is 5.56 Å². The highest BCUT2D eigenvalue weighted by Crippen LogP contribution is 2.19. The van der Waals surface area contributed by atoms with Crippen molar-refractivity contribution in [3.63, 3.8) is 0 Å². The standard InChI is InChI=1S/C14H16N2O2/c1-2-3-4-10-5-7-11(8-6-10)12-9-13(14(17)18)16-15-12/h5-9H,2-4H2,1H3,(H,15,16)(H,17,18). The summed E-state index contributed by atoms with van der Waals surface area (Å²) in [7, 11) is 0. The van der Waals surface area contributed by atoms with Crippen LogP contribution in [0.4, 0.5) is 0 Å². The van der Waals surface area contributed by atoms with Crippen molar-refractivity contribution in [1.82, 2.24) is 10.2 Å². The van der Waals surface area contributed by atoms with Crippen molar-refractivity contribution in [2.75, 3.05) is 0 Å². The average molecular weight is 244 g/mol. The molecule has 1 aromatic heterocycles. The van der Waals surface area contributed by atoms with E-state index in [1.54, 1.807) is 6.07 Å². The lowest BCUT2D eigenvalue weighted by Crippen LogP contribution is -1.95. The van der Waals surface area contributed by atoms with Gasteiger partial charge in [0.1, 0.15) is 5.69 Å². The van der Waals surface area contributed by atoms with Crippen LogP contribution < -0.4 is 0 Å². The Morgan fingerprint density at radius 3 is 2.61 bits per heavy atom. The van der Waals surface area contributed by atoms with Crippen molar-refractivity contribution < 1.29 is 9.90 Å². The highest BCUT2D eigenvalue weighted by molar-refractivity contribution is 5.86. The SMILES string of the molecule is CCCCc1ccc(-c2cc(C(=O)O)[nH]n2)cc1. The van der Waals surface area contributed by atoms with Crippen LogP contribution in [-0.4, -0.2) is 21.3 Å². The maximum absolute atomic E-state index is 10.7. The Labute approximate surface area is 106 Å². The van der Waals surface area contributed by atoms with E-state index in [2.05, 4.69) is 29.3 Å². The second-order valence-corrected chi connectivity index (χ2v) is 4.27. The van der Waals surface area contributed by atoms with E-state index < -0.39 is 5.97 Å². The number of aromatic carboxylic acids is 1. The summed E-state index contributed by atoms with van der Waals surface area (Å²) < 4.78 is 0. The number of unbranched alkanes of at least 4 members (excludes halogenated alkanes) is 1. The Morgan fingerprint density at radius 2 is 2.06 bits per heavy atom. The van der Waals surface area contributed by atoms with Gasteiger partial charge in [-0.3, -0.25) is 5.10 Å². The number of nitrogens with one attached hydrogen (secondary N) is 1. The lowest BCUT2D eigenvalue weighted by molar-refractivity contribution is 0.0690. The van der Waals surface area contributed by atoms with Gasteiger partial charge in [0.15, 0.2) is 0 Å². The van der Waals surface area contributed by atoms with Gasteiger partial charge in [0.05, 0.1) is 5.69 Å². The number of rotatable bonds is 5. The number of nitrogens with zero attached hydrogens (tertiary/aromatic N) is 1. The molecule has 1 heterocycles. The van der Waals surface area contributed by atoms with E-state index in [1.807, 2.05) is 12.1 Å². The second kappa shape index (κ2) is 5.49.